The quantitative estimate of drug-likeness (QED) is 0.696. The molecule has 6 heteroatoms. The molecule has 0 bridgehead atoms. The van der Waals surface area contributed by atoms with Crippen LogP contribution in [0.5, 0.6) is 0 Å². The second-order valence-corrected chi connectivity index (χ2v) is 6.57. The van der Waals surface area contributed by atoms with E-state index in [0.717, 1.165) is 12.8 Å². The van der Waals surface area contributed by atoms with Crippen molar-refractivity contribution in [2.75, 3.05) is 6.61 Å². The highest BCUT2D eigenvalue weighted by atomic mass is 35.5. The number of amides is 1. The van der Waals surface area contributed by atoms with Gasteiger partial charge in [-0.1, -0.05) is 49.5 Å². The van der Waals surface area contributed by atoms with Gasteiger partial charge < -0.3 is 10.1 Å². The molecule has 0 aliphatic carbocycles. The molecule has 1 amide bonds. The average molecular weight is 360 g/mol. The predicted molar refractivity (Wildman–Crippen MR) is 93.0 cm³/mol. The van der Waals surface area contributed by atoms with Gasteiger partial charge in [0, 0.05) is 6.04 Å². The van der Waals surface area contributed by atoms with Crippen molar-refractivity contribution in [2.45, 2.75) is 46.1 Å². The zero-order valence-electron chi connectivity index (χ0n) is 13.7. The number of rotatable bonds is 8. The number of carbonyl (C=O) groups is 2. The van der Waals surface area contributed by atoms with Crippen LogP contribution in [0.3, 0.4) is 0 Å². The summed E-state index contributed by atoms with van der Waals surface area (Å²) in [6.45, 7) is 6.28. The number of halogens is 2. The molecule has 2 unspecified atom stereocenters. The summed E-state index contributed by atoms with van der Waals surface area (Å²) in [5, 5.41) is 3.27. The van der Waals surface area contributed by atoms with E-state index in [1.165, 1.54) is 0 Å². The summed E-state index contributed by atoms with van der Waals surface area (Å²) in [6.07, 6.45) is 2.18. The molecule has 1 aromatic rings. The van der Waals surface area contributed by atoms with Gasteiger partial charge in [-0.05, 0) is 31.4 Å². The Morgan fingerprint density at radius 1 is 1.22 bits per heavy atom. The van der Waals surface area contributed by atoms with Crippen LogP contribution in [0.4, 0.5) is 0 Å². The maximum Gasteiger partial charge on any atom is 0.307 e. The van der Waals surface area contributed by atoms with Crippen molar-refractivity contribution in [1.29, 1.82) is 0 Å². The van der Waals surface area contributed by atoms with E-state index in [1.54, 1.807) is 25.1 Å². The van der Waals surface area contributed by atoms with E-state index in [1.807, 2.05) is 6.92 Å². The third-order valence-electron chi connectivity index (χ3n) is 3.35. The first-order chi connectivity index (χ1) is 10.8. The van der Waals surface area contributed by atoms with Crippen molar-refractivity contribution in [3.8, 4) is 0 Å². The van der Waals surface area contributed by atoms with Gasteiger partial charge in [-0.15, -0.1) is 0 Å². The minimum Gasteiger partial charge on any atom is -0.465 e. The molecule has 0 aliphatic heterocycles. The summed E-state index contributed by atoms with van der Waals surface area (Å²) >= 11 is 12.0. The predicted octanol–water partition coefficient (Wildman–Crippen LogP) is 4.48. The van der Waals surface area contributed by atoms with Gasteiger partial charge >= 0.3 is 5.97 Å². The molecule has 2 atom stereocenters. The monoisotopic (exact) mass is 359 g/mol. The van der Waals surface area contributed by atoms with Crippen LogP contribution in [0.25, 0.3) is 0 Å². The molecule has 4 nitrogen and oxygen atoms in total. The standard InChI is InChI=1S/C17H23Cl2NO3/c1-4-6-11(2)10-23-15(21)9-12(3)20-17(22)16-13(18)7-5-8-14(16)19/h5,7-8,11-12H,4,6,9-10H2,1-3H3,(H,20,22). The summed E-state index contributed by atoms with van der Waals surface area (Å²) in [6, 6.07) is 4.48. The summed E-state index contributed by atoms with van der Waals surface area (Å²) in [5.74, 6) is -0.387. The Labute approximate surface area is 147 Å². The molecule has 0 aromatic heterocycles. The van der Waals surface area contributed by atoms with E-state index in [4.69, 9.17) is 27.9 Å². The molecule has 0 spiro atoms. The molecule has 1 N–H and O–H groups in total. The molecule has 1 rings (SSSR count). The molecule has 23 heavy (non-hydrogen) atoms. The number of carbonyl (C=O) groups excluding carboxylic acids is 2. The number of esters is 1. The third kappa shape index (κ3) is 6.80. The summed E-state index contributed by atoms with van der Waals surface area (Å²) in [7, 11) is 0. The van der Waals surface area contributed by atoms with Gasteiger partial charge in [0.2, 0.25) is 0 Å². The lowest BCUT2D eigenvalue weighted by Gasteiger charge is -2.16. The molecular weight excluding hydrogens is 337 g/mol. The fourth-order valence-corrected chi connectivity index (χ4v) is 2.75. The van der Waals surface area contributed by atoms with Crippen LogP contribution >= 0.6 is 23.2 Å². The van der Waals surface area contributed by atoms with Gasteiger partial charge in [-0.2, -0.15) is 0 Å². The van der Waals surface area contributed by atoms with Gasteiger partial charge in [0.1, 0.15) is 0 Å². The average Bonchev–Trinajstić information content (AvgIpc) is 2.45. The Hall–Kier alpha value is -1.26. The topological polar surface area (TPSA) is 55.4 Å². The van der Waals surface area contributed by atoms with Crippen molar-refractivity contribution in [2.24, 2.45) is 5.92 Å². The minimum atomic E-state index is -0.403. The maximum absolute atomic E-state index is 12.2. The van der Waals surface area contributed by atoms with E-state index in [0.29, 0.717) is 12.5 Å². The van der Waals surface area contributed by atoms with Crippen molar-refractivity contribution >= 4 is 35.1 Å². The molecule has 0 heterocycles. The molecule has 0 saturated carbocycles. The highest BCUT2D eigenvalue weighted by molar-refractivity contribution is 6.39. The number of ether oxygens (including phenoxy) is 1. The van der Waals surface area contributed by atoms with Gasteiger partial charge in [0.15, 0.2) is 0 Å². The van der Waals surface area contributed by atoms with Crippen LogP contribution in [-0.2, 0) is 9.53 Å². The van der Waals surface area contributed by atoms with Crippen molar-refractivity contribution < 1.29 is 14.3 Å². The Kier molecular flexibility index (Phi) is 8.42. The zero-order chi connectivity index (χ0) is 17.4. The zero-order valence-corrected chi connectivity index (χ0v) is 15.2. The lowest BCUT2D eigenvalue weighted by Crippen LogP contribution is -2.35. The summed E-state index contributed by atoms with van der Waals surface area (Å²) < 4.78 is 5.22. The number of hydrogen-bond donors (Lipinski definition) is 1. The molecule has 128 valence electrons. The Morgan fingerprint density at radius 3 is 2.39 bits per heavy atom. The maximum atomic E-state index is 12.2. The van der Waals surface area contributed by atoms with Gasteiger partial charge in [0.25, 0.3) is 5.91 Å². The van der Waals surface area contributed by atoms with Crippen LogP contribution < -0.4 is 5.32 Å². The van der Waals surface area contributed by atoms with Crippen molar-refractivity contribution in [1.82, 2.24) is 5.32 Å². The summed E-state index contributed by atoms with van der Waals surface area (Å²) in [5.41, 5.74) is 0.215. The van der Waals surface area contributed by atoms with Gasteiger partial charge in [-0.25, -0.2) is 0 Å². The van der Waals surface area contributed by atoms with Crippen LogP contribution in [0, 0.1) is 5.92 Å². The molecule has 1 aromatic carbocycles. The molecular formula is C17H23Cl2NO3. The number of benzene rings is 1. The van der Waals surface area contributed by atoms with Crippen LogP contribution in [0.15, 0.2) is 18.2 Å². The molecule has 0 radical (unpaired) electrons. The van der Waals surface area contributed by atoms with Crippen molar-refractivity contribution in [3.63, 3.8) is 0 Å². The minimum absolute atomic E-state index is 0.104. The van der Waals surface area contributed by atoms with E-state index < -0.39 is 5.91 Å². The van der Waals surface area contributed by atoms with Crippen LogP contribution in [0.1, 0.15) is 50.4 Å². The summed E-state index contributed by atoms with van der Waals surface area (Å²) in [4.78, 5) is 24.0. The Balaban J connectivity index is 2.48. The first kappa shape index (κ1) is 19.8. The van der Waals surface area contributed by atoms with E-state index >= 15 is 0 Å². The van der Waals surface area contributed by atoms with Crippen LogP contribution in [-0.4, -0.2) is 24.5 Å². The van der Waals surface area contributed by atoms with E-state index in [9.17, 15) is 9.59 Å². The van der Waals surface area contributed by atoms with Gasteiger partial charge in [0.05, 0.1) is 28.6 Å². The second kappa shape index (κ2) is 9.78. The molecule has 0 saturated heterocycles. The largest absolute Gasteiger partial charge is 0.465 e. The lowest BCUT2D eigenvalue weighted by molar-refractivity contribution is -0.145. The second-order valence-electron chi connectivity index (χ2n) is 5.75. The van der Waals surface area contributed by atoms with Crippen molar-refractivity contribution in [3.05, 3.63) is 33.8 Å². The highest BCUT2D eigenvalue weighted by Crippen LogP contribution is 2.24. The van der Waals surface area contributed by atoms with Crippen LogP contribution in [0.2, 0.25) is 10.0 Å². The lowest BCUT2D eigenvalue weighted by atomic mass is 10.1. The van der Waals surface area contributed by atoms with E-state index in [-0.39, 0.29) is 34.0 Å². The highest BCUT2D eigenvalue weighted by Gasteiger charge is 2.18. The third-order valence-corrected chi connectivity index (χ3v) is 3.98. The SMILES string of the molecule is CCCC(C)COC(=O)CC(C)NC(=O)c1c(Cl)cccc1Cl. The molecule has 0 fully saturated rings. The first-order valence-corrected chi connectivity index (χ1v) is 8.51. The smallest absolute Gasteiger partial charge is 0.307 e. The fraction of sp³-hybridized carbons (Fsp3) is 0.529. The first-order valence-electron chi connectivity index (χ1n) is 7.75. The number of hydrogen-bond acceptors (Lipinski definition) is 3. The molecule has 0 aliphatic rings. The normalized spacial score (nSPS) is 13.3. The Morgan fingerprint density at radius 2 is 1.83 bits per heavy atom. The number of nitrogens with one attached hydrogen (secondary N) is 1. The Bertz CT molecular complexity index is 528. The fourth-order valence-electron chi connectivity index (χ4n) is 2.18. The van der Waals surface area contributed by atoms with E-state index in [2.05, 4.69) is 12.2 Å². The van der Waals surface area contributed by atoms with Gasteiger partial charge in [-0.3, -0.25) is 9.59 Å².